The van der Waals surface area contributed by atoms with Gasteiger partial charge < -0.3 is 14.3 Å². The Bertz CT molecular complexity index is 733. The summed E-state index contributed by atoms with van der Waals surface area (Å²) in [7, 11) is 0. The molecule has 1 N–H and O–H groups in total. The lowest BCUT2D eigenvalue weighted by Crippen LogP contribution is -2.17. The van der Waals surface area contributed by atoms with Crippen LogP contribution in [0.2, 0.25) is 5.02 Å². The van der Waals surface area contributed by atoms with E-state index >= 15 is 0 Å². The lowest BCUT2D eigenvalue weighted by atomic mass is 10.2. The molecule has 0 aliphatic carbocycles. The van der Waals surface area contributed by atoms with Gasteiger partial charge in [0, 0.05) is 10.4 Å². The molecule has 0 aliphatic heterocycles. The molecule has 0 radical (unpaired) electrons. The van der Waals surface area contributed by atoms with Crippen molar-refractivity contribution in [1.29, 1.82) is 0 Å². The van der Waals surface area contributed by atoms with E-state index in [9.17, 15) is 14.4 Å². The molecule has 0 unspecified atom stereocenters. The Kier molecular flexibility index (Phi) is 4.05. The van der Waals surface area contributed by atoms with Crippen LogP contribution in [-0.2, 0) is 9.53 Å². The highest BCUT2D eigenvalue weighted by Crippen LogP contribution is 2.19. The predicted octanol–water partition coefficient (Wildman–Crippen LogP) is 2.08. The summed E-state index contributed by atoms with van der Waals surface area (Å²) >= 11 is 5.81. The number of carboxylic acid groups (broad SMARTS) is 1. The average Bonchev–Trinajstić information content (AvgIpc) is 2.38. The Morgan fingerprint density at radius 3 is 2.75 bits per heavy atom. The Morgan fingerprint density at radius 1 is 1.30 bits per heavy atom. The van der Waals surface area contributed by atoms with Gasteiger partial charge >= 0.3 is 17.6 Å². The first kappa shape index (κ1) is 14.1. The number of benzene rings is 1. The SMILES string of the molecule is O=C(O)CCOC(=O)c1cc2cc(Cl)ccc2oc1=O. The third kappa shape index (κ3) is 3.16. The summed E-state index contributed by atoms with van der Waals surface area (Å²) in [6.07, 6.45) is -0.337. The molecule has 6 nitrogen and oxygen atoms in total. The number of carboxylic acids is 1. The van der Waals surface area contributed by atoms with Crippen molar-refractivity contribution in [2.24, 2.45) is 0 Å². The van der Waals surface area contributed by atoms with Gasteiger partial charge in [0.1, 0.15) is 17.8 Å². The number of esters is 1. The minimum absolute atomic E-state index is 0.293. The molecule has 2 aromatic rings. The first-order valence-corrected chi connectivity index (χ1v) is 5.97. The second-order valence-corrected chi connectivity index (χ2v) is 4.35. The standard InChI is InChI=1S/C13H9ClO6/c14-8-1-2-10-7(5-8)6-9(13(18)20-10)12(17)19-4-3-11(15)16/h1-2,5-6H,3-4H2,(H,15,16). The summed E-state index contributed by atoms with van der Waals surface area (Å²) in [4.78, 5) is 33.6. The normalized spacial score (nSPS) is 10.4. The summed E-state index contributed by atoms with van der Waals surface area (Å²) in [5.74, 6) is -2.03. The van der Waals surface area contributed by atoms with Crippen LogP contribution in [0.4, 0.5) is 0 Å². The largest absolute Gasteiger partial charge is 0.481 e. The number of aliphatic carboxylic acids is 1. The zero-order valence-corrected chi connectivity index (χ0v) is 10.8. The lowest BCUT2D eigenvalue weighted by Gasteiger charge is -2.03. The molecule has 0 bridgehead atoms. The van der Waals surface area contributed by atoms with Crippen molar-refractivity contribution in [2.45, 2.75) is 6.42 Å². The fourth-order valence-electron chi connectivity index (χ4n) is 1.55. The zero-order valence-electron chi connectivity index (χ0n) is 10.1. The molecule has 0 amide bonds. The maximum Gasteiger partial charge on any atom is 0.351 e. The van der Waals surface area contributed by atoms with Gasteiger partial charge in [0.15, 0.2) is 0 Å². The van der Waals surface area contributed by atoms with Crippen LogP contribution < -0.4 is 5.63 Å². The van der Waals surface area contributed by atoms with Crippen LogP contribution in [0.5, 0.6) is 0 Å². The second-order valence-electron chi connectivity index (χ2n) is 3.91. The number of ether oxygens (including phenoxy) is 1. The van der Waals surface area contributed by atoms with Gasteiger partial charge in [-0.15, -0.1) is 0 Å². The molecule has 20 heavy (non-hydrogen) atoms. The highest BCUT2D eigenvalue weighted by molar-refractivity contribution is 6.31. The number of carbonyl (C=O) groups is 2. The van der Waals surface area contributed by atoms with E-state index in [1.165, 1.54) is 18.2 Å². The molecular weight excluding hydrogens is 288 g/mol. The van der Waals surface area contributed by atoms with E-state index in [2.05, 4.69) is 4.74 Å². The monoisotopic (exact) mass is 296 g/mol. The van der Waals surface area contributed by atoms with Crippen LogP contribution >= 0.6 is 11.6 Å². The number of rotatable bonds is 4. The predicted molar refractivity (Wildman–Crippen MR) is 70.0 cm³/mol. The quantitative estimate of drug-likeness (QED) is 0.685. The van der Waals surface area contributed by atoms with Gasteiger partial charge in [0.05, 0.1) is 6.42 Å². The van der Waals surface area contributed by atoms with Crippen molar-refractivity contribution >= 4 is 34.5 Å². The Morgan fingerprint density at radius 2 is 2.05 bits per heavy atom. The average molecular weight is 297 g/mol. The molecule has 1 heterocycles. The van der Waals surface area contributed by atoms with E-state index < -0.39 is 17.6 Å². The van der Waals surface area contributed by atoms with E-state index in [-0.39, 0.29) is 18.6 Å². The molecule has 0 fully saturated rings. The molecule has 0 saturated carbocycles. The summed E-state index contributed by atoms with van der Waals surface area (Å²) in [6, 6.07) is 5.90. The van der Waals surface area contributed by atoms with E-state index in [0.29, 0.717) is 16.0 Å². The first-order valence-electron chi connectivity index (χ1n) is 5.59. The topological polar surface area (TPSA) is 93.8 Å². The number of hydrogen-bond acceptors (Lipinski definition) is 5. The summed E-state index contributed by atoms with van der Waals surface area (Å²) in [5.41, 5.74) is -0.855. The van der Waals surface area contributed by atoms with Crippen LogP contribution in [0.25, 0.3) is 11.0 Å². The highest BCUT2D eigenvalue weighted by Gasteiger charge is 2.15. The minimum Gasteiger partial charge on any atom is -0.481 e. The summed E-state index contributed by atoms with van der Waals surface area (Å²) in [5, 5.41) is 9.34. The molecule has 104 valence electrons. The Labute approximate surface area is 117 Å². The van der Waals surface area contributed by atoms with Gasteiger partial charge in [-0.25, -0.2) is 9.59 Å². The van der Waals surface area contributed by atoms with E-state index in [1.54, 1.807) is 6.07 Å². The van der Waals surface area contributed by atoms with Crippen molar-refractivity contribution < 1.29 is 23.8 Å². The third-order valence-electron chi connectivity index (χ3n) is 2.46. The zero-order chi connectivity index (χ0) is 14.7. The van der Waals surface area contributed by atoms with Gasteiger partial charge in [0.2, 0.25) is 0 Å². The van der Waals surface area contributed by atoms with Crippen LogP contribution in [0.15, 0.2) is 33.5 Å². The number of carbonyl (C=O) groups excluding carboxylic acids is 1. The Balaban J connectivity index is 2.29. The van der Waals surface area contributed by atoms with Crippen LogP contribution in [0.3, 0.4) is 0 Å². The van der Waals surface area contributed by atoms with E-state index in [1.807, 2.05) is 0 Å². The van der Waals surface area contributed by atoms with Gasteiger partial charge in [-0.1, -0.05) is 11.6 Å². The fraction of sp³-hybridized carbons (Fsp3) is 0.154. The second kappa shape index (κ2) is 5.75. The van der Waals surface area contributed by atoms with Crippen molar-refractivity contribution in [3.63, 3.8) is 0 Å². The van der Waals surface area contributed by atoms with Gasteiger partial charge in [-0.05, 0) is 24.3 Å². The number of fused-ring (bicyclic) bond motifs is 1. The van der Waals surface area contributed by atoms with E-state index in [0.717, 1.165) is 0 Å². The van der Waals surface area contributed by atoms with Crippen molar-refractivity contribution in [2.75, 3.05) is 6.61 Å². The highest BCUT2D eigenvalue weighted by atomic mass is 35.5. The third-order valence-corrected chi connectivity index (χ3v) is 2.70. The fourth-order valence-corrected chi connectivity index (χ4v) is 1.73. The summed E-state index contributed by atoms with van der Waals surface area (Å²) < 4.78 is 9.65. The minimum atomic E-state index is -1.10. The van der Waals surface area contributed by atoms with Crippen molar-refractivity contribution in [3.05, 3.63) is 45.3 Å². The van der Waals surface area contributed by atoms with Gasteiger partial charge in [-0.2, -0.15) is 0 Å². The van der Waals surface area contributed by atoms with Crippen molar-refractivity contribution in [3.8, 4) is 0 Å². The molecule has 1 aromatic heterocycles. The molecule has 1 aromatic carbocycles. The van der Waals surface area contributed by atoms with E-state index in [4.69, 9.17) is 21.1 Å². The number of hydrogen-bond donors (Lipinski definition) is 1. The van der Waals surface area contributed by atoms with Gasteiger partial charge in [-0.3, -0.25) is 4.79 Å². The maximum atomic E-state index is 11.7. The molecule has 7 heteroatoms. The molecular formula is C13H9ClO6. The van der Waals surface area contributed by atoms with Crippen LogP contribution in [0.1, 0.15) is 16.8 Å². The molecule has 0 saturated heterocycles. The molecule has 0 aliphatic rings. The van der Waals surface area contributed by atoms with Crippen LogP contribution in [0, 0.1) is 0 Å². The van der Waals surface area contributed by atoms with Crippen LogP contribution in [-0.4, -0.2) is 23.7 Å². The number of halogens is 1. The summed E-state index contributed by atoms with van der Waals surface area (Å²) in [6.45, 7) is -0.318. The first-order chi connectivity index (χ1) is 9.47. The molecule has 0 atom stereocenters. The van der Waals surface area contributed by atoms with Crippen molar-refractivity contribution in [1.82, 2.24) is 0 Å². The lowest BCUT2D eigenvalue weighted by molar-refractivity contribution is -0.137. The van der Waals surface area contributed by atoms with Gasteiger partial charge in [0.25, 0.3) is 0 Å². The Hall–Kier alpha value is -2.34. The molecule has 2 rings (SSSR count). The maximum absolute atomic E-state index is 11.7. The molecule has 0 spiro atoms. The smallest absolute Gasteiger partial charge is 0.351 e.